The average molecular weight is 449 g/mol. The van der Waals surface area contributed by atoms with Crippen molar-refractivity contribution in [2.24, 2.45) is 0 Å². The van der Waals surface area contributed by atoms with Crippen LogP contribution in [0, 0.1) is 18.6 Å². The third-order valence-corrected chi connectivity index (χ3v) is 5.12. The fourth-order valence-corrected chi connectivity index (χ4v) is 3.44. The van der Waals surface area contributed by atoms with Crippen LogP contribution in [0.15, 0.2) is 40.9 Å². The second kappa shape index (κ2) is 8.58. The van der Waals surface area contributed by atoms with Crippen LogP contribution < -0.4 is 14.9 Å². The maximum Gasteiger partial charge on any atom is 0.214 e. The molecule has 2 aromatic carbocycles. The molecule has 3 rings (SSSR count). The summed E-state index contributed by atoms with van der Waals surface area (Å²) in [5.74, 6) is 2.12. The van der Waals surface area contributed by atoms with Gasteiger partial charge in [0.2, 0.25) is 4.77 Å². The molecule has 0 atom stereocenters. The summed E-state index contributed by atoms with van der Waals surface area (Å²) >= 11 is 8.86. The Kier molecular flexibility index (Phi) is 6.18. The molecule has 1 heterocycles. The van der Waals surface area contributed by atoms with Crippen LogP contribution >= 0.6 is 28.1 Å². The van der Waals surface area contributed by atoms with Crippen molar-refractivity contribution < 1.29 is 9.47 Å². The lowest BCUT2D eigenvalue weighted by molar-refractivity contribution is 0.281. The van der Waals surface area contributed by atoms with Crippen LogP contribution in [0.2, 0.25) is 0 Å². The lowest BCUT2D eigenvalue weighted by atomic mass is 10.1. The number of nitrogens with one attached hydrogen (secondary N) is 2. The Morgan fingerprint density at radius 3 is 2.74 bits per heavy atom. The summed E-state index contributed by atoms with van der Waals surface area (Å²) in [4.78, 5) is 0. The molecule has 0 radical (unpaired) electrons. The van der Waals surface area contributed by atoms with Crippen LogP contribution in [0.5, 0.6) is 11.5 Å². The smallest absolute Gasteiger partial charge is 0.214 e. The normalized spacial score (nSPS) is 10.7. The molecule has 2 N–H and O–H groups in total. The summed E-state index contributed by atoms with van der Waals surface area (Å²) in [6.45, 7) is 4.87. The Hall–Kier alpha value is -2.32. The van der Waals surface area contributed by atoms with Gasteiger partial charge in [-0.25, -0.2) is 4.68 Å². The van der Waals surface area contributed by atoms with Crippen molar-refractivity contribution >= 4 is 28.1 Å². The SMILES string of the molecule is COc1ccc(Br)c(CNn2c(C)n[nH]c2=S)c1OCc1cccc(C)c1. The third-order valence-electron chi connectivity index (χ3n) is 4.11. The first-order valence-electron chi connectivity index (χ1n) is 8.41. The van der Waals surface area contributed by atoms with E-state index in [2.05, 4.69) is 50.6 Å². The Bertz CT molecular complexity index is 1000. The first-order chi connectivity index (χ1) is 13.0. The molecule has 142 valence electrons. The van der Waals surface area contributed by atoms with E-state index < -0.39 is 0 Å². The van der Waals surface area contributed by atoms with Crippen molar-refractivity contribution in [3.8, 4) is 11.5 Å². The molecule has 0 aliphatic heterocycles. The zero-order valence-corrected chi connectivity index (χ0v) is 17.8. The minimum atomic E-state index is 0.450. The van der Waals surface area contributed by atoms with Gasteiger partial charge in [0.05, 0.1) is 13.7 Å². The van der Waals surface area contributed by atoms with Gasteiger partial charge in [-0.3, -0.25) is 5.10 Å². The molecule has 0 aliphatic carbocycles. The molecule has 0 bridgehead atoms. The second-order valence-corrected chi connectivity index (χ2v) is 7.32. The zero-order valence-electron chi connectivity index (χ0n) is 15.4. The molecule has 0 fully saturated rings. The van der Waals surface area contributed by atoms with E-state index in [0.717, 1.165) is 21.4 Å². The highest BCUT2D eigenvalue weighted by atomic mass is 79.9. The zero-order chi connectivity index (χ0) is 19.4. The Balaban J connectivity index is 1.87. The fraction of sp³-hybridized carbons (Fsp3) is 0.263. The molecule has 6 nitrogen and oxygen atoms in total. The molecular formula is C19H21BrN4O2S. The molecular weight excluding hydrogens is 428 g/mol. The average Bonchev–Trinajstić information content (AvgIpc) is 2.97. The van der Waals surface area contributed by atoms with Crippen molar-refractivity contribution in [3.63, 3.8) is 0 Å². The van der Waals surface area contributed by atoms with Gasteiger partial charge in [0, 0.05) is 10.0 Å². The van der Waals surface area contributed by atoms with Crippen molar-refractivity contribution in [1.82, 2.24) is 14.9 Å². The molecule has 0 aliphatic rings. The number of aromatic nitrogens is 3. The molecule has 0 spiro atoms. The van der Waals surface area contributed by atoms with Gasteiger partial charge in [-0.15, -0.1) is 0 Å². The van der Waals surface area contributed by atoms with Gasteiger partial charge in [0.1, 0.15) is 12.4 Å². The highest BCUT2D eigenvalue weighted by molar-refractivity contribution is 9.10. The van der Waals surface area contributed by atoms with Crippen molar-refractivity contribution in [2.45, 2.75) is 27.0 Å². The van der Waals surface area contributed by atoms with Gasteiger partial charge in [-0.1, -0.05) is 45.8 Å². The molecule has 0 unspecified atom stereocenters. The van der Waals surface area contributed by atoms with Crippen LogP contribution in [0.1, 0.15) is 22.5 Å². The predicted molar refractivity (Wildman–Crippen MR) is 111 cm³/mol. The van der Waals surface area contributed by atoms with Crippen molar-refractivity contribution in [3.05, 3.63) is 68.2 Å². The van der Waals surface area contributed by atoms with Gasteiger partial charge in [-0.2, -0.15) is 5.10 Å². The maximum absolute atomic E-state index is 6.16. The molecule has 0 saturated carbocycles. The van der Waals surface area contributed by atoms with E-state index >= 15 is 0 Å². The standard InChI is InChI=1S/C19H21BrN4O2S/c1-12-5-4-6-14(9-12)11-26-18-15(16(20)7-8-17(18)25-3)10-21-24-13(2)22-23-19(24)27/h4-9,21H,10-11H2,1-3H3,(H,23,27). The van der Waals surface area contributed by atoms with Crippen LogP contribution in [-0.2, 0) is 13.2 Å². The van der Waals surface area contributed by atoms with E-state index in [1.54, 1.807) is 11.8 Å². The van der Waals surface area contributed by atoms with Crippen LogP contribution in [-0.4, -0.2) is 22.0 Å². The number of ether oxygens (including phenoxy) is 2. The second-order valence-electron chi connectivity index (χ2n) is 6.08. The summed E-state index contributed by atoms with van der Waals surface area (Å²) in [5.41, 5.74) is 6.50. The van der Waals surface area contributed by atoms with E-state index in [1.807, 2.05) is 31.2 Å². The van der Waals surface area contributed by atoms with Crippen LogP contribution in [0.4, 0.5) is 0 Å². The first kappa shape index (κ1) is 19.4. The Morgan fingerprint density at radius 1 is 1.26 bits per heavy atom. The number of benzene rings is 2. The maximum atomic E-state index is 6.16. The van der Waals surface area contributed by atoms with E-state index in [9.17, 15) is 0 Å². The third kappa shape index (κ3) is 4.51. The Morgan fingerprint density at radius 2 is 2.07 bits per heavy atom. The number of rotatable bonds is 7. The number of nitrogens with zero attached hydrogens (tertiary/aromatic N) is 2. The van der Waals surface area contributed by atoms with E-state index in [1.165, 1.54) is 5.56 Å². The van der Waals surface area contributed by atoms with Gasteiger partial charge < -0.3 is 14.9 Å². The van der Waals surface area contributed by atoms with Gasteiger partial charge in [0.15, 0.2) is 11.5 Å². The van der Waals surface area contributed by atoms with Gasteiger partial charge >= 0.3 is 0 Å². The lowest BCUT2D eigenvalue weighted by Crippen LogP contribution is -2.17. The highest BCUT2D eigenvalue weighted by Gasteiger charge is 2.15. The van der Waals surface area contributed by atoms with E-state index in [4.69, 9.17) is 21.7 Å². The molecule has 27 heavy (non-hydrogen) atoms. The summed E-state index contributed by atoms with van der Waals surface area (Å²) in [5, 5.41) is 6.87. The summed E-state index contributed by atoms with van der Waals surface area (Å²) in [6.07, 6.45) is 0. The fourth-order valence-electron chi connectivity index (χ4n) is 2.74. The minimum absolute atomic E-state index is 0.450. The van der Waals surface area contributed by atoms with Gasteiger partial charge in [0.25, 0.3) is 0 Å². The molecule has 0 saturated heterocycles. The number of H-pyrrole nitrogens is 1. The molecule has 8 heteroatoms. The quantitative estimate of drug-likeness (QED) is 0.514. The number of hydrogen-bond donors (Lipinski definition) is 2. The van der Waals surface area contributed by atoms with Crippen LogP contribution in [0.25, 0.3) is 0 Å². The van der Waals surface area contributed by atoms with Gasteiger partial charge in [-0.05, 0) is 43.8 Å². The predicted octanol–water partition coefficient (Wildman–Crippen LogP) is 4.65. The number of hydrogen-bond acceptors (Lipinski definition) is 5. The van der Waals surface area contributed by atoms with Crippen molar-refractivity contribution in [1.29, 1.82) is 0 Å². The minimum Gasteiger partial charge on any atom is -0.493 e. The molecule has 1 aromatic heterocycles. The summed E-state index contributed by atoms with van der Waals surface area (Å²) in [7, 11) is 1.64. The first-order valence-corrected chi connectivity index (χ1v) is 9.61. The monoisotopic (exact) mass is 448 g/mol. The number of aromatic amines is 1. The summed E-state index contributed by atoms with van der Waals surface area (Å²) < 4.78 is 14.8. The number of halogens is 1. The summed E-state index contributed by atoms with van der Waals surface area (Å²) in [6, 6.07) is 12.1. The van der Waals surface area contributed by atoms with Crippen LogP contribution in [0.3, 0.4) is 0 Å². The highest BCUT2D eigenvalue weighted by Crippen LogP contribution is 2.37. The number of aryl methyl sites for hydroxylation is 2. The van der Waals surface area contributed by atoms with E-state index in [0.29, 0.717) is 29.4 Å². The topological polar surface area (TPSA) is 64.1 Å². The van der Waals surface area contributed by atoms with Crippen molar-refractivity contribution in [2.75, 3.05) is 12.5 Å². The number of methoxy groups -OCH3 is 1. The molecule has 0 amide bonds. The largest absolute Gasteiger partial charge is 0.493 e. The molecule has 3 aromatic rings. The lowest BCUT2D eigenvalue weighted by Gasteiger charge is -2.18. The van der Waals surface area contributed by atoms with E-state index in [-0.39, 0.29) is 0 Å². The Labute approximate surface area is 171 Å².